The van der Waals surface area contributed by atoms with Crippen molar-refractivity contribution in [1.82, 2.24) is 4.98 Å². The monoisotopic (exact) mass is 358 g/mol. The molecule has 0 spiro atoms. The van der Waals surface area contributed by atoms with Crippen molar-refractivity contribution in [2.45, 2.75) is 26.8 Å². The summed E-state index contributed by atoms with van der Waals surface area (Å²) in [5, 5.41) is 4.58. The molecule has 0 saturated heterocycles. The molecular weight excluding hydrogens is 335 g/mol. The smallest absolute Gasteiger partial charge is 0.128 e. The molecule has 0 atom stereocenters. The molecule has 1 heterocycles. The maximum atomic E-state index is 14.0. The topological polar surface area (TPSA) is 27.8 Å². The highest BCUT2D eigenvalue weighted by Crippen LogP contribution is 2.33. The van der Waals surface area contributed by atoms with Gasteiger partial charge in [-0.05, 0) is 48.7 Å². The van der Waals surface area contributed by atoms with E-state index in [-0.39, 0.29) is 5.82 Å². The number of halogens is 1. The van der Waals surface area contributed by atoms with Crippen molar-refractivity contribution in [2.75, 3.05) is 5.32 Å². The molecule has 4 aromatic rings. The maximum Gasteiger partial charge on any atom is 0.128 e. The zero-order valence-corrected chi connectivity index (χ0v) is 15.6. The highest BCUT2D eigenvalue weighted by Gasteiger charge is 2.12. The molecule has 0 bridgehead atoms. The summed E-state index contributed by atoms with van der Waals surface area (Å²) >= 11 is 0. The number of fused-ring (bicyclic) bond motifs is 1. The van der Waals surface area contributed by atoms with Gasteiger partial charge in [0.1, 0.15) is 5.82 Å². The second-order valence-corrected chi connectivity index (χ2v) is 6.84. The first kappa shape index (κ1) is 17.3. The lowest BCUT2D eigenvalue weighted by Gasteiger charge is -2.11. The highest BCUT2D eigenvalue weighted by molar-refractivity contribution is 5.97. The van der Waals surface area contributed by atoms with Gasteiger partial charge in [-0.1, -0.05) is 49.4 Å². The van der Waals surface area contributed by atoms with Gasteiger partial charge in [0.15, 0.2) is 0 Å². The van der Waals surface area contributed by atoms with Crippen LogP contribution in [0.25, 0.3) is 22.0 Å². The zero-order chi connectivity index (χ0) is 18.8. The number of aromatic nitrogens is 1. The minimum atomic E-state index is -0.162. The summed E-state index contributed by atoms with van der Waals surface area (Å²) in [6, 6.07) is 22.0. The number of nitrogens with one attached hydrogen (secondary N) is 2. The van der Waals surface area contributed by atoms with E-state index in [2.05, 4.69) is 65.8 Å². The van der Waals surface area contributed by atoms with Gasteiger partial charge < -0.3 is 10.3 Å². The van der Waals surface area contributed by atoms with E-state index >= 15 is 0 Å². The van der Waals surface area contributed by atoms with Crippen LogP contribution in [0.4, 0.5) is 10.1 Å². The van der Waals surface area contributed by atoms with Gasteiger partial charge in [0.2, 0.25) is 0 Å². The van der Waals surface area contributed by atoms with Gasteiger partial charge in [0.05, 0.1) is 0 Å². The number of benzene rings is 3. The van der Waals surface area contributed by atoms with E-state index in [1.807, 2.05) is 13.0 Å². The van der Waals surface area contributed by atoms with Crippen molar-refractivity contribution in [3.8, 4) is 11.1 Å². The number of hydrogen-bond acceptors (Lipinski definition) is 1. The van der Waals surface area contributed by atoms with Crippen LogP contribution in [0.2, 0.25) is 0 Å². The molecular formula is C24H23FN2. The van der Waals surface area contributed by atoms with E-state index in [1.54, 1.807) is 6.07 Å². The largest absolute Gasteiger partial charge is 0.381 e. The molecule has 2 N–H and O–H groups in total. The molecule has 1 aromatic heterocycles. The second kappa shape index (κ2) is 7.28. The molecule has 0 amide bonds. The van der Waals surface area contributed by atoms with Crippen molar-refractivity contribution in [1.29, 1.82) is 0 Å². The van der Waals surface area contributed by atoms with Crippen LogP contribution < -0.4 is 5.32 Å². The van der Waals surface area contributed by atoms with Gasteiger partial charge >= 0.3 is 0 Å². The van der Waals surface area contributed by atoms with E-state index in [1.165, 1.54) is 33.8 Å². The summed E-state index contributed by atoms with van der Waals surface area (Å²) < 4.78 is 14.0. The number of aryl methyl sites for hydroxylation is 2. The van der Waals surface area contributed by atoms with Gasteiger partial charge in [-0.15, -0.1) is 0 Å². The minimum absolute atomic E-state index is 0.162. The number of para-hydroxylation sites is 1. The Hall–Kier alpha value is -3.07. The quantitative estimate of drug-likeness (QED) is 0.421. The Bertz CT molecular complexity index is 1060. The molecule has 27 heavy (non-hydrogen) atoms. The normalized spacial score (nSPS) is 11.1. The number of rotatable bonds is 5. The van der Waals surface area contributed by atoms with Gasteiger partial charge in [-0.2, -0.15) is 0 Å². The third-order valence-electron chi connectivity index (χ3n) is 5.13. The van der Waals surface area contributed by atoms with Crippen molar-refractivity contribution in [2.24, 2.45) is 0 Å². The molecule has 0 aliphatic heterocycles. The van der Waals surface area contributed by atoms with Gasteiger partial charge in [-0.3, -0.25) is 0 Å². The van der Waals surface area contributed by atoms with Crippen LogP contribution in [-0.2, 0) is 13.0 Å². The van der Waals surface area contributed by atoms with Crippen LogP contribution >= 0.6 is 0 Å². The lowest BCUT2D eigenvalue weighted by atomic mass is 10.0. The molecule has 0 aliphatic carbocycles. The first-order valence-electron chi connectivity index (χ1n) is 9.35. The lowest BCUT2D eigenvalue weighted by Crippen LogP contribution is -2.03. The number of hydrogen-bond donors (Lipinski definition) is 2. The Balaban J connectivity index is 1.60. The Morgan fingerprint density at radius 2 is 1.70 bits per heavy atom. The maximum absolute atomic E-state index is 14.0. The summed E-state index contributed by atoms with van der Waals surface area (Å²) in [6.07, 6.45) is 0.955. The fourth-order valence-corrected chi connectivity index (χ4v) is 3.63. The fourth-order valence-electron chi connectivity index (χ4n) is 3.63. The Labute approximate surface area is 159 Å². The number of H-pyrrole nitrogens is 1. The molecule has 0 radical (unpaired) electrons. The molecule has 4 rings (SSSR count). The third kappa shape index (κ3) is 3.33. The van der Waals surface area contributed by atoms with Gasteiger partial charge in [0.25, 0.3) is 0 Å². The molecule has 3 aromatic carbocycles. The predicted octanol–water partition coefficient (Wildman–Crippen LogP) is 6.46. The number of aromatic amines is 1. The van der Waals surface area contributed by atoms with Gasteiger partial charge in [0, 0.05) is 40.0 Å². The zero-order valence-electron chi connectivity index (χ0n) is 15.6. The lowest BCUT2D eigenvalue weighted by molar-refractivity contribution is 0.611. The average molecular weight is 358 g/mol. The van der Waals surface area contributed by atoms with Crippen LogP contribution in [0.1, 0.15) is 23.7 Å². The van der Waals surface area contributed by atoms with Crippen molar-refractivity contribution in [3.63, 3.8) is 0 Å². The summed E-state index contributed by atoms with van der Waals surface area (Å²) in [7, 11) is 0. The van der Waals surface area contributed by atoms with E-state index in [9.17, 15) is 4.39 Å². The predicted molar refractivity (Wildman–Crippen MR) is 112 cm³/mol. The molecule has 0 aliphatic rings. The molecule has 0 unspecified atom stereocenters. The molecule has 0 saturated carbocycles. The molecule has 136 valence electrons. The van der Waals surface area contributed by atoms with Gasteiger partial charge in [-0.25, -0.2) is 4.39 Å². The fraction of sp³-hybridized carbons (Fsp3) is 0.167. The summed E-state index contributed by atoms with van der Waals surface area (Å²) in [4.78, 5) is 3.53. The molecule has 2 nitrogen and oxygen atoms in total. The molecule has 3 heteroatoms. The first-order chi connectivity index (χ1) is 13.2. The number of anilines is 1. The van der Waals surface area contributed by atoms with Crippen LogP contribution in [0, 0.1) is 12.7 Å². The van der Waals surface area contributed by atoms with Crippen molar-refractivity contribution < 1.29 is 4.39 Å². The van der Waals surface area contributed by atoms with Crippen LogP contribution in [0.3, 0.4) is 0 Å². The summed E-state index contributed by atoms with van der Waals surface area (Å²) in [6.45, 7) is 4.58. The Kier molecular flexibility index (Phi) is 4.68. The van der Waals surface area contributed by atoms with Crippen molar-refractivity contribution >= 4 is 16.6 Å². The third-order valence-corrected chi connectivity index (χ3v) is 5.13. The van der Waals surface area contributed by atoms with Crippen LogP contribution in [-0.4, -0.2) is 4.98 Å². The van der Waals surface area contributed by atoms with Crippen molar-refractivity contribution in [3.05, 3.63) is 89.4 Å². The second-order valence-electron chi connectivity index (χ2n) is 6.84. The first-order valence-corrected chi connectivity index (χ1v) is 9.35. The summed E-state index contributed by atoms with van der Waals surface area (Å²) in [5.74, 6) is -0.162. The highest BCUT2D eigenvalue weighted by atomic mass is 19.1. The summed E-state index contributed by atoms with van der Waals surface area (Å²) in [5.41, 5.74) is 7.54. The average Bonchev–Trinajstić information content (AvgIpc) is 3.07. The van der Waals surface area contributed by atoms with E-state index in [0.29, 0.717) is 12.1 Å². The SMILES string of the molecule is CCc1[nH]c2ccccc2c1-c1ccc(NCc2c(C)cccc2F)cc1. The Morgan fingerprint density at radius 3 is 2.44 bits per heavy atom. The molecule has 0 fully saturated rings. The van der Waals surface area contributed by atoms with E-state index in [4.69, 9.17) is 0 Å². The van der Waals surface area contributed by atoms with E-state index < -0.39 is 0 Å². The standard InChI is InChI=1S/C24H23FN2/c1-3-22-24(19-8-4-5-10-23(19)27-22)17-11-13-18(14-12-17)26-15-20-16(2)7-6-9-21(20)25/h4-14,26-27H,3,15H2,1-2H3. The van der Waals surface area contributed by atoms with E-state index in [0.717, 1.165) is 17.7 Å². The van der Waals surface area contributed by atoms with Crippen LogP contribution in [0.15, 0.2) is 66.7 Å². The Morgan fingerprint density at radius 1 is 0.926 bits per heavy atom. The van der Waals surface area contributed by atoms with Crippen LogP contribution in [0.5, 0.6) is 0 Å². The minimum Gasteiger partial charge on any atom is -0.381 e.